The van der Waals surface area contributed by atoms with E-state index in [1.54, 1.807) is 0 Å². The van der Waals surface area contributed by atoms with Crippen molar-refractivity contribution < 1.29 is 9.59 Å². The second-order valence-corrected chi connectivity index (χ2v) is 3.21. The highest BCUT2D eigenvalue weighted by Crippen LogP contribution is 2.12. The van der Waals surface area contributed by atoms with Gasteiger partial charge in [0.25, 0.3) is 5.91 Å². The first-order valence-electron chi connectivity index (χ1n) is 4.26. The molecule has 1 saturated heterocycles. The molecule has 1 heterocycles. The number of hydrogen-bond acceptors (Lipinski definition) is 2. The number of urea groups is 1. The quantitative estimate of drug-likeness (QED) is 0.610. The molecule has 0 aliphatic carbocycles. The average Bonchev–Trinajstić information content (AvgIpc) is 2.30. The van der Waals surface area contributed by atoms with Crippen LogP contribution in [0.5, 0.6) is 0 Å². The third kappa shape index (κ3) is 1.75. The number of amides is 3. The molecule has 68 valence electrons. The molecule has 0 saturated carbocycles. The van der Waals surface area contributed by atoms with Gasteiger partial charge >= 0.3 is 6.03 Å². The van der Waals surface area contributed by atoms with Gasteiger partial charge in [0.05, 0.1) is 0 Å². The fourth-order valence-electron chi connectivity index (χ4n) is 1.46. The molecule has 0 spiro atoms. The number of imide groups is 1. The molecule has 2 N–H and O–H groups in total. The van der Waals surface area contributed by atoms with Crippen LogP contribution in [0.15, 0.2) is 0 Å². The molecule has 0 aromatic carbocycles. The van der Waals surface area contributed by atoms with Crippen LogP contribution in [0.4, 0.5) is 4.79 Å². The van der Waals surface area contributed by atoms with E-state index in [2.05, 4.69) is 17.6 Å². The van der Waals surface area contributed by atoms with E-state index in [0.717, 1.165) is 12.8 Å². The normalized spacial score (nSPS) is 25.0. The van der Waals surface area contributed by atoms with Crippen molar-refractivity contribution in [2.75, 3.05) is 0 Å². The summed E-state index contributed by atoms with van der Waals surface area (Å²) in [5.41, 5.74) is 0. The molecule has 0 aromatic heterocycles. The molecule has 2 unspecified atom stereocenters. The van der Waals surface area contributed by atoms with Crippen LogP contribution in [-0.4, -0.2) is 18.0 Å². The SMILES string of the molecule is CCCC(C)C1NC(=O)NC1=O. The summed E-state index contributed by atoms with van der Waals surface area (Å²) >= 11 is 0. The summed E-state index contributed by atoms with van der Waals surface area (Å²) in [6.45, 7) is 4.03. The predicted molar refractivity (Wildman–Crippen MR) is 44.5 cm³/mol. The van der Waals surface area contributed by atoms with Crippen molar-refractivity contribution in [3.05, 3.63) is 0 Å². The Hall–Kier alpha value is -1.06. The Morgan fingerprint density at radius 3 is 2.58 bits per heavy atom. The molecule has 1 aliphatic heterocycles. The summed E-state index contributed by atoms with van der Waals surface area (Å²) in [5, 5.41) is 4.81. The van der Waals surface area contributed by atoms with Crippen molar-refractivity contribution in [1.29, 1.82) is 0 Å². The minimum absolute atomic E-state index is 0.194. The molecule has 4 nitrogen and oxygen atoms in total. The highest BCUT2D eigenvalue weighted by atomic mass is 16.2. The number of carbonyl (C=O) groups excluding carboxylic acids is 2. The fourth-order valence-corrected chi connectivity index (χ4v) is 1.46. The van der Waals surface area contributed by atoms with Gasteiger partial charge < -0.3 is 5.32 Å². The molecule has 4 heteroatoms. The van der Waals surface area contributed by atoms with E-state index in [0.29, 0.717) is 0 Å². The Kier molecular flexibility index (Phi) is 2.68. The molecule has 2 atom stereocenters. The molecule has 3 amide bonds. The minimum Gasteiger partial charge on any atom is -0.326 e. The van der Waals surface area contributed by atoms with Crippen LogP contribution < -0.4 is 10.6 Å². The van der Waals surface area contributed by atoms with Gasteiger partial charge in [-0.25, -0.2) is 4.79 Å². The van der Waals surface area contributed by atoms with E-state index in [1.807, 2.05) is 6.92 Å². The predicted octanol–water partition coefficient (Wildman–Crippen LogP) is 0.631. The van der Waals surface area contributed by atoms with Gasteiger partial charge in [-0.1, -0.05) is 20.3 Å². The first-order valence-corrected chi connectivity index (χ1v) is 4.26. The maximum atomic E-state index is 11.1. The van der Waals surface area contributed by atoms with Crippen LogP contribution in [-0.2, 0) is 4.79 Å². The molecular weight excluding hydrogens is 156 g/mol. The summed E-state index contributed by atoms with van der Waals surface area (Å²) in [6, 6.07) is -0.689. The molecular formula is C8H14N2O2. The smallest absolute Gasteiger partial charge is 0.322 e. The highest BCUT2D eigenvalue weighted by molar-refractivity contribution is 6.04. The number of rotatable bonds is 3. The average molecular weight is 170 g/mol. The van der Waals surface area contributed by atoms with Crippen molar-refractivity contribution in [3.8, 4) is 0 Å². The van der Waals surface area contributed by atoms with Gasteiger partial charge in [-0.15, -0.1) is 0 Å². The summed E-state index contributed by atoms with van der Waals surface area (Å²) in [6.07, 6.45) is 1.99. The zero-order valence-electron chi connectivity index (χ0n) is 7.39. The van der Waals surface area contributed by atoms with E-state index < -0.39 is 0 Å². The van der Waals surface area contributed by atoms with Crippen molar-refractivity contribution in [2.24, 2.45) is 5.92 Å². The van der Waals surface area contributed by atoms with Crippen LogP contribution in [0.1, 0.15) is 26.7 Å². The maximum absolute atomic E-state index is 11.1. The van der Waals surface area contributed by atoms with E-state index in [4.69, 9.17) is 0 Å². The number of nitrogens with one attached hydrogen (secondary N) is 2. The van der Waals surface area contributed by atoms with Gasteiger partial charge in [0.15, 0.2) is 0 Å². The zero-order chi connectivity index (χ0) is 9.14. The maximum Gasteiger partial charge on any atom is 0.322 e. The van der Waals surface area contributed by atoms with Gasteiger partial charge in [0.1, 0.15) is 6.04 Å². The molecule has 0 bridgehead atoms. The zero-order valence-corrected chi connectivity index (χ0v) is 7.39. The van der Waals surface area contributed by atoms with Crippen molar-refractivity contribution in [3.63, 3.8) is 0 Å². The minimum atomic E-state index is -0.368. The lowest BCUT2D eigenvalue weighted by atomic mass is 9.97. The van der Waals surface area contributed by atoms with E-state index in [1.165, 1.54) is 0 Å². The lowest BCUT2D eigenvalue weighted by Crippen LogP contribution is -2.35. The van der Waals surface area contributed by atoms with Crippen LogP contribution in [0, 0.1) is 5.92 Å². The topological polar surface area (TPSA) is 58.2 Å². The van der Waals surface area contributed by atoms with Gasteiger partial charge in [-0.05, 0) is 12.3 Å². The van der Waals surface area contributed by atoms with Crippen LogP contribution in [0.3, 0.4) is 0 Å². The number of carbonyl (C=O) groups is 2. The van der Waals surface area contributed by atoms with Gasteiger partial charge in [0.2, 0.25) is 0 Å². The summed E-state index contributed by atoms with van der Waals surface area (Å²) in [7, 11) is 0. The van der Waals surface area contributed by atoms with E-state index in [-0.39, 0.29) is 23.9 Å². The Bertz CT molecular complexity index is 203. The second-order valence-electron chi connectivity index (χ2n) is 3.21. The van der Waals surface area contributed by atoms with Crippen LogP contribution in [0.25, 0.3) is 0 Å². The van der Waals surface area contributed by atoms with Gasteiger partial charge in [-0.2, -0.15) is 0 Å². The van der Waals surface area contributed by atoms with Crippen molar-refractivity contribution in [2.45, 2.75) is 32.7 Å². The molecule has 0 aromatic rings. The first-order chi connectivity index (χ1) is 5.65. The molecule has 12 heavy (non-hydrogen) atoms. The summed E-state index contributed by atoms with van der Waals surface area (Å²) in [4.78, 5) is 21.8. The highest BCUT2D eigenvalue weighted by Gasteiger charge is 2.33. The number of hydrogen-bond donors (Lipinski definition) is 2. The van der Waals surface area contributed by atoms with Crippen LogP contribution >= 0.6 is 0 Å². The molecule has 1 rings (SSSR count). The standard InChI is InChI=1S/C8H14N2O2/c1-3-4-5(2)6-7(11)10-8(12)9-6/h5-6H,3-4H2,1-2H3,(H2,9,10,11,12). The third-order valence-corrected chi connectivity index (χ3v) is 2.12. The first kappa shape index (κ1) is 9.03. The Labute approximate surface area is 71.7 Å². The van der Waals surface area contributed by atoms with Crippen molar-refractivity contribution >= 4 is 11.9 Å². The lowest BCUT2D eigenvalue weighted by Gasteiger charge is -2.14. The second kappa shape index (κ2) is 3.56. The summed E-state index contributed by atoms with van der Waals surface area (Å²) < 4.78 is 0. The molecule has 1 aliphatic rings. The van der Waals surface area contributed by atoms with Crippen LogP contribution in [0.2, 0.25) is 0 Å². The Balaban J connectivity index is 2.51. The lowest BCUT2D eigenvalue weighted by molar-refractivity contribution is -0.121. The monoisotopic (exact) mass is 170 g/mol. The Morgan fingerprint density at radius 2 is 2.17 bits per heavy atom. The largest absolute Gasteiger partial charge is 0.326 e. The summed E-state index contributed by atoms with van der Waals surface area (Å²) in [5.74, 6) is 0.0300. The fraction of sp³-hybridized carbons (Fsp3) is 0.750. The molecule has 1 fully saturated rings. The van der Waals surface area contributed by atoms with E-state index in [9.17, 15) is 9.59 Å². The Morgan fingerprint density at radius 1 is 1.50 bits per heavy atom. The third-order valence-electron chi connectivity index (χ3n) is 2.12. The van der Waals surface area contributed by atoms with Gasteiger partial charge in [0, 0.05) is 0 Å². The van der Waals surface area contributed by atoms with Crippen molar-refractivity contribution in [1.82, 2.24) is 10.6 Å². The van der Waals surface area contributed by atoms with E-state index >= 15 is 0 Å². The van der Waals surface area contributed by atoms with Gasteiger partial charge in [-0.3, -0.25) is 10.1 Å². The molecule has 0 radical (unpaired) electrons.